The van der Waals surface area contributed by atoms with Crippen LogP contribution in [0.1, 0.15) is 8.35 Å². The van der Waals surface area contributed by atoms with E-state index < -0.39 is 31.3 Å². The number of hydrogen-bond donors (Lipinski definition) is 2. The fourth-order valence-corrected chi connectivity index (χ4v) is 0.552. The van der Waals surface area contributed by atoms with Gasteiger partial charge in [0.2, 0.25) is 0 Å². The average Bonchev–Trinajstić information content (AvgIpc) is 2.13. The molecule has 0 aromatic heterocycles. The van der Waals surface area contributed by atoms with Crippen molar-refractivity contribution in [2.75, 3.05) is 19.8 Å². The van der Waals surface area contributed by atoms with Crippen molar-refractivity contribution in [3.05, 3.63) is 0 Å². The van der Waals surface area contributed by atoms with Gasteiger partial charge in [-0.3, -0.25) is 0 Å². The van der Waals surface area contributed by atoms with Gasteiger partial charge in [-0.15, -0.1) is 0 Å². The van der Waals surface area contributed by atoms with Crippen LogP contribution in [0.3, 0.4) is 0 Å². The topological polar surface area (TPSA) is 93.1 Å². The molecule has 0 rings (SSSR count). The van der Waals surface area contributed by atoms with E-state index in [1.54, 1.807) is 0 Å². The fourth-order valence-electron chi connectivity index (χ4n) is 0.552. The van der Waals surface area contributed by atoms with Crippen LogP contribution >= 0.6 is 0 Å². The number of rotatable bonds is 5. The summed E-state index contributed by atoms with van der Waals surface area (Å²) in [5, 5.41) is 16.5. The number of esters is 2. The largest absolute Gasteiger partial charge is 1.00 e. The van der Waals surface area contributed by atoms with E-state index >= 15 is 0 Å². The molecule has 1 atom stereocenters. The van der Waals surface area contributed by atoms with Crippen LogP contribution in [-0.4, -0.2) is 48.1 Å². The molecule has 6 nitrogen and oxygen atoms in total. The zero-order valence-corrected chi connectivity index (χ0v) is 10.2. The molecule has 0 aromatic rings. The Balaban J connectivity index is -0.000000720. The Morgan fingerprint density at radius 1 is 1.29 bits per heavy atom. The van der Waals surface area contributed by atoms with Crippen molar-refractivity contribution in [1.29, 1.82) is 0 Å². The van der Waals surface area contributed by atoms with Crippen molar-refractivity contribution in [3.8, 4) is 0 Å². The maximum atomic E-state index is 10.5. The quantitative estimate of drug-likeness (QED) is 0.356. The normalized spacial score (nSPS) is 11.1. The third-order valence-corrected chi connectivity index (χ3v) is 1.07. The number of hydrogen-bond acceptors (Lipinski definition) is 6. The van der Waals surface area contributed by atoms with Gasteiger partial charge in [-0.1, -0.05) is 0 Å². The monoisotopic (exact) mass is 216 g/mol. The van der Waals surface area contributed by atoms with E-state index in [1.807, 2.05) is 0 Å². The molecule has 0 aliphatic heterocycles. The number of ether oxygens (including phenoxy) is 2. The summed E-state index contributed by atoms with van der Waals surface area (Å²) in [7, 11) is 0. The predicted molar refractivity (Wildman–Crippen MR) is 41.8 cm³/mol. The smallest absolute Gasteiger partial charge is 1.00 e. The van der Waals surface area contributed by atoms with E-state index in [0.29, 0.717) is 0 Å². The Kier molecular flexibility index (Phi) is 11.0. The summed E-state index contributed by atoms with van der Waals surface area (Å²) in [6, 6.07) is 0. The number of carbonyl (C=O) groups is 2. The summed E-state index contributed by atoms with van der Waals surface area (Å²) in [4.78, 5) is 20.9. The summed E-state index contributed by atoms with van der Waals surface area (Å²) in [6.07, 6.45) is -0.629. The molecule has 0 radical (unpaired) electrons. The molecule has 0 saturated heterocycles. The van der Waals surface area contributed by atoms with Crippen LogP contribution in [0, 0.1) is 0 Å². The van der Waals surface area contributed by atoms with Gasteiger partial charge >= 0.3 is 41.5 Å². The molecule has 0 aliphatic carbocycles. The molecule has 14 heavy (non-hydrogen) atoms. The van der Waals surface area contributed by atoms with E-state index in [9.17, 15) is 9.59 Å². The van der Waals surface area contributed by atoms with E-state index in [0.717, 1.165) is 0 Å². The van der Waals surface area contributed by atoms with Crippen molar-refractivity contribution in [2.45, 2.75) is 13.0 Å². The van der Waals surface area contributed by atoms with Gasteiger partial charge in [0.25, 0.3) is 0 Å². The van der Waals surface area contributed by atoms with Gasteiger partial charge in [0, 0.05) is 0 Å². The van der Waals surface area contributed by atoms with Crippen LogP contribution in [0.4, 0.5) is 0 Å². The minimum absolute atomic E-state index is 0. The molecule has 78 valence electrons. The molecule has 2 N–H and O–H groups in total. The molecular weight excluding hydrogens is 203 g/mol. The summed E-state index contributed by atoms with van der Waals surface area (Å²) in [5.41, 5.74) is 0. The van der Waals surface area contributed by atoms with Crippen LogP contribution in [0.25, 0.3) is 0 Å². The summed E-state index contributed by atoms with van der Waals surface area (Å²) < 4.78 is 9.00. The molecule has 0 spiro atoms. The van der Waals surface area contributed by atoms with Crippen molar-refractivity contribution in [3.63, 3.8) is 0 Å². The zero-order valence-electron chi connectivity index (χ0n) is 9.23. The van der Waals surface area contributed by atoms with Crippen LogP contribution in [0.15, 0.2) is 0 Å². The predicted octanol–water partition coefficient (Wildman–Crippen LogP) is -4.44. The molecule has 0 aliphatic rings. The van der Waals surface area contributed by atoms with E-state index in [-0.39, 0.29) is 37.6 Å². The third-order valence-electron chi connectivity index (χ3n) is 1.07. The van der Waals surface area contributed by atoms with Crippen molar-refractivity contribution < 1.29 is 60.3 Å². The first-order valence-electron chi connectivity index (χ1n) is 3.67. The molecule has 0 saturated carbocycles. The standard InChI is InChI=1S/C7H12O6.Na.H/c1-5(13-7(11)3-9)4-12-6(10)2-8;;/h5,8-9H,2-4H2,1H3;;/q;+1;-1. The number of aliphatic hydroxyl groups is 2. The van der Waals surface area contributed by atoms with E-state index in [4.69, 9.17) is 10.2 Å². The van der Waals surface area contributed by atoms with Gasteiger partial charge in [0.1, 0.15) is 25.9 Å². The second-order valence-electron chi connectivity index (χ2n) is 2.30. The van der Waals surface area contributed by atoms with Gasteiger partial charge in [-0.2, -0.15) is 0 Å². The van der Waals surface area contributed by atoms with Crippen LogP contribution < -0.4 is 29.6 Å². The minimum atomic E-state index is -0.785. The van der Waals surface area contributed by atoms with Gasteiger partial charge in [-0.05, 0) is 6.92 Å². The Bertz CT molecular complexity index is 188. The first-order valence-corrected chi connectivity index (χ1v) is 3.67. The first-order chi connectivity index (χ1) is 6.10. The molecular formula is C7H13NaO6. The maximum absolute atomic E-state index is 10.5. The van der Waals surface area contributed by atoms with Gasteiger partial charge in [0.15, 0.2) is 0 Å². The number of aliphatic hydroxyl groups excluding tert-OH is 2. The Morgan fingerprint density at radius 3 is 2.21 bits per heavy atom. The molecule has 0 bridgehead atoms. The molecule has 7 heteroatoms. The second-order valence-corrected chi connectivity index (χ2v) is 2.30. The average molecular weight is 216 g/mol. The molecule has 1 unspecified atom stereocenters. The van der Waals surface area contributed by atoms with Crippen molar-refractivity contribution >= 4 is 11.9 Å². The number of carbonyl (C=O) groups excluding carboxylic acids is 2. The Morgan fingerprint density at radius 2 is 1.79 bits per heavy atom. The summed E-state index contributed by atoms with van der Waals surface area (Å²) >= 11 is 0. The zero-order chi connectivity index (χ0) is 10.3. The molecule has 0 amide bonds. The SMILES string of the molecule is CC(COC(=O)CO)OC(=O)CO.[H-].[Na+]. The molecule has 0 heterocycles. The maximum Gasteiger partial charge on any atom is 1.00 e. The first kappa shape index (κ1) is 16.3. The van der Waals surface area contributed by atoms with Gasteiger partial charge in [-0.25, -0.2) is 9.59 Å². The second kappa shape index (κ2) is 9.42. The van der Waals surface area contributed by atoms with Gasteiger partial charge < -0.3 is 21.1 Å². The summed E-state index contributed by atoms with van der Waals surface area (Å²) in [6.45, 7) is -0.0533. The molecule has 0 aromatic carbocycles. The Hall–Kier alpha value is -0.140. The minimum Gasteiger partial charge on any atom is -1.00 e. The van der Waals surface area contributed by atoms with Gasteiger partial charge in [0.05, 0.1) is 0 Å². The van der Waals surface area contributed by atoms with E-state index in [2.05, 4.69) is 9.47 Å². The fraction of sp³-hybridized carbons (Fsp3) is 0.714. The van der Waals surface area contributed by atoms with Crippen LogP contribution in [0.5, 0.6) is 0 Å². The molecule has 0 fully saturated rings. The third kappa shape index (κ3) is 8.46. The Labute approximate surface area is 105 Å². The van der Waals surface area contributed by atoms with E-state index in [1.165, 1.54) is 6.92 Å². The van der Waals surface area contributed by atoms with Crippen LogP contribution in [-0.2, 0) is 19.1 Å². The van der Waals surface area contributed by atoms with Crippen molar-refractivity contribution in [1.82, 2.24) is 0 Å². The van der Waals surface area contributed by atoms with Crippen molar-refractivity contribution in [2.24, 2.45) is 0 Å². The van der Waals surface area contributed by atoms with Crippen LogP contribution in [0.2, 0.25) is 0 Å². The summed E-state index contributed by atoms with van der Waals surface area (Å²) in [5.74, 6) is -1.57.